The van der Waals surface area contributed by atoms with Crippen LogP contribution in [0.15, 0.2) is 30.6 Å². The molecule has 2 aromatic heterocycles. The van der Waals surface area contributed by atoms with Gasteiger partial charge in [-0.15, -0.1) is 24.8 Å². The zero-order valence-electron chi connectivity index (χ0n) is 13.0. The Hall–Kier alpha value is -1.34. The Bertz CT molecular complexity index is 629. The fourth-order valence-electron chi connectivity index (χ4n) is 2.53. The third-order valence-electron chi connectivity index (χ3n) is 3.73. The van der Waals surface area contributed by atoms with Crippen LogP contribution < -0.4 is 5.32 Å². The van der Waals surface area contributed by atoms with E-state index in [-0.39, 0.29) is 36.8 Å². The second kappa shape index (κ2) is 9.08. The minimum atomic E-state index is -0.0177. The molecule has 1 amide bonds. The molecule has 2 aromatic rings. The van der Waals surface area contributed by atoms with Crippen molar-refractivity contribution < 1.29 is 9.53 Å². The smallest absolute Gasteiger partial charge is 0.225 e. The maximum absolute atomic E-state index is 12.3. The number of pyridine rings is 1. The van der Waals surface area contributed by atoms with E-state index in [0.717, 1.165) is 24.4 Å². The van der Waals surface area contributed by atoms with Gasteiger partial charge in [0.05, 0.1) is 37.6 Å². The van der Waals surface area contributed by atoms with Crippen molar-refractivity contribution in [3.05, 3.63) is 36.3 Å². The van der Waals surface area contributed by atoms with E-state index in [0.29, 0.717) is 19.6 Å². The van der Waals surface area contributed by atoms with Crippen molar-refractivity contribution in [1.82, 2.24) is 19.6 Å². The molecule has 1 fully saturated rings. The molecule has 0 bridgehead atoms. The van der Waals surface area contributed by atoms with Crippen molar-refractivity contribution in [2.24, 2.45) is 0 Å². The monoisotopic (exact) mass is 360 g/mol. The van der Waals surface area contributed by atoms with Gasteiger partial charge >= 0.3 is 0 Å². The number of nitrogens with one attached hydrogen (secondary N) is 1. The van der Waals surface area contributed by atoms with Crippen molar-refractivity contribution in [2.45, 2.75) is 19.1 Å². The van der Waals surface area contributed by atoms with Crippen LogP contribution in [0.5, 0.6) is 0 Å². The van der Waals surface area contributed by atoms with Crippen molar-refractivity contribution in [2.75, 3.05) is 26.7 Å². The largest absolute Gasteiger partial charge is 0.375 e. The van der Waals surface area contributed by atoms with E-state index in [1.54, 1.807) is 4.90 Å². The van der Waals surface area contributed by atoms with Gasteiger partial charge < -0.3 is 19.4 Å². The van der Waals surface area contributed by atoms with E-state index >= 15 is 0 Å². The van der Waals surface area contributed by atoms with Crippen LogP contribution in [-0.2, 0) is 16.1 Å². The number of amides is 1. The molecule has 1 saturated heterocycles. The Labute approximate surface area is 148 Å². The average Bonchev–Trinajstić information content (AvgIpc) is 2.91. The fraction of sp³-hybridized carbons (Fsp3) is 0.467. The number of morpholine rings is 1. The van der Waals surface area contributed by atoms with Gasteiger partial charge in [-0.25, -0.2) is 4.98 Å². The van der Waals surface area contributed by atoms with Gasteiger partial charge in [0.1, 0.15) is 5.65 Å². The molecule has 1 N–H and O–H groups in total. The van der Waals surface area contributed by atoms with Gasteiger partial charge in [-0.2, -0.15) is 0 Å². The predicted octanol–water partition coefficient (Wildman–Crippen LogP) is 1.51. The number of hydrogen-bond acceptors (Lipinski definition) is 4. The first-order valence-electron chi connectivity index (χ1n) is 7.21. The number of aromatic nitrogens is 2. The third kappa shape index (κ3) is 4.81. The molecule has 0 aliphatic carbocycles. The normalized spacial score (nSPS) is 17.2. The highest BCUT2D eigenvalue weighted by Crippen LogP contribution is 2.10. The number of rotatable bonds is 4. The number of imidazole rings is 1. The first-order valence-corrected chi connectivity index (χ1v) is 7.21. The molecule has 0 radical (unpaired) electrons. The summed E-state index contributed by atoms with van der Waals surface area (Å²) in [5.41, 5.74) is 1.90. The number of ether oxygens (including phenoxy) is 1. The molecule has 23 heavy (non-hydrogen) atoms. The molecule has 3 heterocycles. The maximum atomic E-state index is 12.3. The fourth-order valence-corrected chi connectivity index (χ4v) is 2.53. The Morgan fingerprint density at radius 2 is 2.30 bits per heavy atom. The topological polar surface area (TPSA) is 58.9 Å². The summed E-state index contributed by atoms with van der Waals surface area (Å²) in [5, 5.41) is 3.24. The van der Waals surface area contributed by atoms with Crippen molar-refractivity contribution in [3.8, 4) is 0 Å². The minimum Gasteiger partial charge on any atom is -0.375 e. The second-order valence-electron chi connectivity index (χ2n) is 5.33. The van der Waals surface area contributed by atoms with Gasteiger partial charge in [-0.05, 0) is 12.1 Å². The zero-order chi connectivity index (χ0) is 14.7. The molecule has 128 valence electrons. The lowest BCUT2D eigenvalue weighted by atomic mass is 10.2. The van der Waals surface area contributed by atoms with Gasteiger partial charge in [0.15, 0.2) is 0 Å². The Kier molecular flexibility index (Phi) is 7.78. The average molecular weight is 361 g/mol. The molecule has 8 heteroatoms. The Morgan fingerprint density at radius 1 is 1.48 bits per heavy atom. The number of halogens is 2. The van der Waals surface area contributed by atoms with E-state index < -0.39 is 0 Å². The van der Waals surface area contributed by atoms with E-state index in [1.807, 2.05) is 42.0 Å². The third-order valence-corrected chi connectivity index (χ3v) is 3.73. The lowest BCUT2D eigenvalue weighted by Gasteiger charge is -2.25. The van der Waals surface area contributed by atoms with Gasteiger partial charge in [0.2, 0.25) is 5.91 Å². The van der Waals surface area contributed by atoms with Crippen molar-refractivity contribution >= 4 is 36.4 Å². The molecule has 1 aliphatic rings. The van der Waals surface area contributed by atoms with E-state index in [2.05, 4.69) is 10.3 Å². The van der Waals surface area contributed by atoms with E-state index in [9.17, 15) is 4.79 Å². The summed E-state index contributed by atoms with van der Waals surface area (Å²) in [6, 6.07) is 5.86. The SMILES string of the molecule is CN(Cc1cnc2ccccn12)C(=O)CC1CNCCO1.Cl.Cl. The summed E-state index contributed by atoms with van der Waals surface area (Å²) in [6.45, 7) is 2.83. The van der Waals surface area contributed by atoms with Crippen LogP contribution >= 0.6 is 24.8 Å². The summed E-state index contributed by atoms with van der Waals surface area (Å²) in [6.07, 6.45) is 4.18. The van der Waals surface area contributed by atoms with Crippen LogP contribution in [0.25, 0.3) is 5.65 Å². The van der Waals surface area contributed by atoms with Gasteiger partial charge in [-0.3, -0.25) is 4.79 Å². The van der Waals surface area contributed by atoms with Gasteiger partial charge in [0.25, 0.3) is 0 Å². The van der Waals surface area contributed by atoms with Crippen molar-refractivity contribution in [3.63, 3.8) is 0 Å². The summed E-state index contributed by atoms with van der Waals surface area (Å²) in [4.78, 5) is 18.3. The first-order chi connectivity index (χ1) is 10.2. The Morgan fingerprint density at radius 3 is 3.04 bits per heavy atom. The molecule has 1 aliphatic heterocycles. The molecule has 6 nitrogen and oxygen atoms in total. The van der Waals surface area contributed by atoms with Gasteiger partial charge in [0, 0.05) is 26.3 Å². The molecular weight excluding hydrogens is 339 g/mol. The zero-order valence-corrected chi connectivity index (χ0v) is 14.6. The predicted molar refractivity (Wildman–Crippen MR) is 93.4 cm³/mol. The van der Waals surface area contributed by atoms with Crippen LogP contribution in [0.4, 0.5) is 0 Å². The minimum absolute atomic E-state index is 0. The summed E-state index contributed by atoms with van der Waals surface area (Å²) in [7, 11) is 1.82. The highest BCUT2D eigenvalue weighted by Gasteiger charge is 2.20. The molecular formula is C15H22Cl2N4O2. The van der Waals surface area contributed by atoms with Crippen LogP contribution in [0.3, 0.4) is 0 Å². The van der Waals surface area contributed by atoms with Crippen LogP contribution in [-0.4, -0.2) is 53.0 Å². The van der Waals surface area contributed by atoms with Crippen molar-refractivity contribution in [1.29, 1.82) is 0 Å². The van der Waals surface area contributed by atoms with Crippen LogP contribution in [0.1, 0.15) is 12.1 Å². The molecule has 0 spiro atoms. The maximum Gasteiger partial charge on any atom is 0.225 e. The highest BCUT2D eigenvalue weighted by atomic mass is 35.5. The summed E-state index contributed by atoms with van der Waals surface area (Å²) in [5.74, 6) is 0.0922. The number of fused-ring (bicyclic) bond motifs is 1. The standard InChI is InChI=1S/C15H20N4O2.2ClH/c1-18(15(20)8-13-10-16-5-7-21-13)11-12-9-17-14-4-2-3-6-19(12)14;;/h2-4,6,9,13,16H,5,7-8,10-11H2,1H3;2*1H. The van der Waals surface area contributed by atoms with Gasteiger partial charge in [-0.1, -0.05) is 6.07 Å². The highest BCUT2D eigenvalue weighted by molar-refractivity contribution is 5.85. The molecule has 0 saturated carbocycles. The quantitative estimate of drug-likeness (QED) is 0.897. The number of carbonyl (C=O) groups is 1. The first kappa shape index (κ1) is 19.7. The second-order valence-corrected chi connectivity index (χ2v) is 5.33. The van der Waals surface area contributed by atoms with E-state index in [1.165, 1.54) is 0 Å². The number of nitrogens with zero attached hydrogens (tertiary/aromatic N) is 3. The number of hydrogen-bond donors (Lipinski definition) is 1. The summed E-state index contributed by atoms with van der Waals surface area (Å²) < 4.78 is 7.58. The van der Waals surface area contributed by atoms with Crippen LogP contribution in [0.2, 0.25) is 0 Å². The lowest BCUT2D eigenvalue weighted by Crippen LogP contribution is -2.41. The molecule has 1 atom stereocenters. The van der Waals surface area contributed by atoms with Crippen LogP contribution in [0, 0.1) is 0 Å². The summed E-state index contributed by atoms with van der Waals surface area (Å²) >= 11 is 0. The molecule has 0 aromatic carbocycles. The molecule has 3 rings (SSSR count). The lowest BCUT2D eigenvalue weighted by molar-refractivity contribution is -0.134. The Balaban J connectivity index is 0.00000132. The number of carbonyl (C=O) groups excluding carboxylic acids is 1. The molecule has 1 unspecified atom stereocenters. The van der Waals surface area contributed by atoms with E-state index in [4.69, 9.17) is 4.74 Å².